The lowest BCUT2D eigenvalue weighted by molar-refractivity contribution is 0.583. The quantitative estimate of drug-likeness (QED) is 0.157. The molecule has 246 valence electrons. The number of fused-ring (bicyclic) bond motifs is 1. The van der Waals surface area contributed by atoms with Crippen LogP contribution >= 0.6 is 0 Å². The molecule has 0 fully saturated rings. The number of nitrogens with zero attached hydrogens (tertiary/aromatic N) is 2. The first kappa shape index (κ1) is 31.7. The molecule has 0 atom stereocenters. The summed E-state index contributed by atoms with van der Waals surface area (Å²) in [5, 5.41) is 0.912. The van der Waals surface area contributed by atoms with Gasteiger partial charge in [-0.05, 0) is 111 Å². The van der Waals surface area contributed by atoms with Crippen molar-refractivity contribution < 1.29 is 17.6 Å². The molecule has 0 spiro atoms. The van der Waals surface area contributed by atoms with Crippen LogP contribution in [0.15, 0.2) is 170 Å². The average Bonchev–Trinajstić information content (AvgIpc) is 3.15. The zero-order valence-corrected chi connectivity index (χ0v) is 27.1. The minimum atomic E-state index is -0.677. The van der Waals surface area contributed by atoms with Gasteiger partial charge in [0.05, 0.1) is 17.4 Å². The van der Waals surface area contributed by atoms with Gasteiger partial charge in [-0.2, -0.15) is 0 Å². The normalized spacial score (nSPS) is 11.1. The van der Waals surface area contributed by atoms with Crippen LogP contribution in [0.25, 0.3) is 55.4 Å². The second-order valence-corrected chi connectivity index (χ2v) is 12.3. The van der Waals surface area contributed by atoms with Gasteiger partial charge in [0, 0.05) is 28.9 Å². The lowest BCUT2D eigenvalue weighted by atomic mass is 9.94. The van der Waals surface area contributed by atoms with Crippen LogP contribution in [0.2, 0.25) is 0 Å². The molecular weight excluding hydrogens is 645 g/mol. The Hall–Kier alpha value is -6.53. The van der Waals surface area contributed by atoms with E-state index in [1.165, 1.54) is 24.3 Å². The molecule has 8 rings (SSSR count). The molecule has 0 radical (unpaired) electrons. The second-order valence-electron chi connectivity index (χ2n) is 12.3. The van der Waals surface area contributed by atoms with Crippen LogP contribution < -0.4 is 4.90 Å². The Balaban J connectivity index is 1.34. The van der Waals surface area contributed by atoms with Crippen molar-refractivity contribution in [2.45, 2.75) is 0 Å². The van der Waals surface area contributed by atoms with E-state index in [-0.39, 0.29) is 0 Å². The summed E-state index contributed by atoms with van der Waals surface area (Å²) in [6.45, 7) is 0. The van der Waals surface area contributed by atoms with E-state index in [1.807, 2.05) is 77.7 Å². The van der Waals surface area contributed by atoms with Crippen LogP contribution in [-0.2, 0) is 0 Å². The fraction of sp³-hybridized carbons (Fsp3) is 0. The van der Waals surface area contributed by atoms with Crippen molar-refractivity contribution in [2.75, 3.05) is 4.90 Å². The number of aromatic nitrogens is 1. The first-order valence-electron chi connectivity index (χ1n) is 16.4. The highest BCUT2D eigenvalue weighted by Gasteiger charge is 2.18. The van der Waals surface area contributed by atoms with E-state index in [9.17, 15) is 17.6 Å². The van der Waals surface area contributed by atoms with E-state index in [1.54, 1.807) is 18.3 Å². The summed E-state index contributed by atoms with van der Waals surface area (Å²) in [6.07, 6.45) is 1.79. The monoisotopic (exact) mass is 672 g/mol. The summed E-state index contributed by atoms with van der Waals surface area (Å²) in [7, 11) is 0. The van der Waals surface area contributed by atoms with Crippen molar-refractivity contribution in [3.63, 3.8) is 0 Å². The van der Waals surface area contributed by atoms with E-state index >= 15 is 0 Å². The Bertz CT molecular complexity index is 2400. The molecule has 0 bridgehead atoms. The summed E-state index contributed by atoms with van der Waals surface area (Å²) in [6, 6.07) is 48.1. The smallest absolute Gasteiger partial charge is 0.126 e. The summed E-state index contributed by atoms with van der Waals surface area (Å²) in [5.74, 6) is -2.71. The fourth-order valence-corrected chi connectivity index (χ4v) is 6.53. The molecular formula is C45H28F4N2. The maximum Gasteiger partial charge on any atom is 0.126 e. The number of hydrogen-bond donors (Lipinski definition) is 0. The van der Waals surface area contributed by atoms with Gasteiger partial charge in [0.15, 0.2) is 0 Å². The Morgan fingerprint density at radius 2 is 0.824 bits per heavy atom. The van der Waals surface area contributed by atoms with Gasteiger partial charge in [-0.1, -0.05) is 84.9 Å². The average molecular weight is 673 g/mol. The topological polar surface area (TPSA) is 16.1 Å². The summed E-state index contributed by atoms with van der Waals surface area (Å²) in [4.78, 5) is 6.97. The molecule has 51 heavy (non-hydrogen) atoms. The molecule has 1 aromatic heterocycles. The minimum Gasteiger partial charge on any atom is -0.309 e. The molecule has 2 nitrogen and oxygen atoms in total. The predicted molar refractivity (Wildman–Crippen MR) is 198 cm³/mol. The Kier molecular flexibility index (Phi) is 8.34. The molecule has 0 unspecified atom stereocenters. The summed E-state index contributed by atoms with van der Waals surface area (Å²) >= 11 is 0. The lowest BCUT2D eigenvalue weighted by Gasteiger charge is -2.27. The van der Waals surface area contributed by atoms with Crippen molar-refractivity contribution in [2.24, 2.45) is 0 Å². The molecule has 1 heterocycles. The van der Waals surface area contributed by atoms with E-state index in [0.717, 1.165) is 45.3 Å². The molecule has 0 aliphatic rings. The van der Waals surface area contributed by atoms with Gasteiger partial charge in [-0.15, -0.1) is 0 Å². The zero-order valence-electron chi connectivity index (χ0n) is 27.1. The number of hydrogen-bond acceptors (Lipinski definition) is 2. The molecule has 8 aromatic rings. The molecule has 7 aromatic carbocycles. The first-order chi connectivity index (χ1) is 24.9. The molecule has 0 N–H and O–H groups in total. The van der Waals surface area contributed by atoms with Gasteiger partial charge in [0.25, 0.3) is 0 Å². The number of benzene rings is 7. The standard InChI is InChI=1S/C45H28F4N2/c46-36-17-33(18-37(47)25-36)31-13-7-15-40(21-31)51(41-16-8-14-32(22-41)34-19-38(48)26-39(49)20-34)42-27-44-43(30-11-5-2-6-12-30)23-35(24-45(44)50-28-42)29-9-3-1-4-10-29/h1-28H. The molecule has 0 aliphatic carbocycles. The van der Waals surface area contributed by atoms with Crippen molar-refractivity contribution in [1.82, 2.24) is 4.98 Å². The summed E-state index contributed by atoms with van der Waals surface area (Å²) < 4.78 is 57.3. The fourth-order valence-electron chi connectivity index (χ4n) is 6.53. The largest absolute Gasteiger partial charge is 0.309 e. The third-order valence-corrected chi connectivity index (χ3v) is 8.84. The maximum absolute atomic E-state index is 14.3. The van der Waals surface area contributed by atoms with Gasteiger partial charge < -0.3 is 4.90 Å². The molecule has 0 aliphatic heterocycles. The number of rotatable bonds is 7. The zero-order chi connectivity index (χ0) is 34.9. The van der Waals surface area contributed by atoms with Crippen LogP contribution in [0.4, 0.5) is 34.6 Å². The van der Waals surface area contributed by atoms with Crippen LogP contribution in [0, 0.1) is 23.3 Å². The van der Waals surface area contributed by atoms with Crippen molar-refractivity contribution in [3.05, 3.63) is 193 Å². The van der Waals surface area contributed by atoms with Crippen LogP contribution in [0.1, 0.15) is 0 Å². The number of anilines is 3. The SMILES string of the molecule is Fc1cc(F)cc(-c2cccc(N(c3cccc(-c4cc(F)cc(F)c4)c3)c3cnc4cc(-c5ccccc5)cc(-c5ccccc5)c4c3)c2)c1. The van der Waals surface area contributed by atoms with E-state index in [4.69, 9.17) is 4.98 Å². The van der Waals surface area contributed by atoms with Gasteiger partial charge in [0.1, 0.15) is 23.3 Å². The van der Waals surface area contributed by atoms with E-state index in [2.05, 4.69) is 42.5 Å². The van der Waals surface area contributed by atoms with Crippen LogP contribution in [0.5, 0.6) is 0 Å². The molecule has 0 saturated carbocycles. The van der Waals surface area contributed by atoms with Crippen molar-refractivity contribution >= 4 is 28.0 Å². The highest BCUT2D eigenvalue weighted by molar-refractivity contribution is 6.00. The molecule has 6 heteroatoms. The predicted octanol–water partition coefficient (Wildman–Crippen LogP) is 12.9. The van der Waals surface area contributed by atoms with E-state index in [0.29, 0.717) is 39.3 Å². The number of halogens is 4. The van der Waals surface area contributed by atoms with Crippen molar-refractivity contribution in [3.8, 4) is 44.5 Å². The van der Waals surface area contributed by atoms with Gasteiger partial charge in [-0.25, -0.2) is 17.6 Å². The van der Waals surface area contributed by atoms with Gasteiger partial charge >= 0.3 is 0 Å². The van der Waals surface area contributed by atoms with Crippen molar-refractivity contribution in [1.29, 1.82) is 0 Å². The van der Waals surface area contributed by atoms with Crippen LogP contribution in [0.3, 0.4) is 0 Å². The third-order valence-electron chi connectivity index (χ3n) is 8.84. The lowest BCUT2D eigenvalue weighted by Crippen LogP contribution is -2.11. The second kappa shape index (κ2) is 13.4. The van der Waals surface area contributed by atoms with E-state index < -0.39 is 23.3 Å². The maximum atomic E-state index is 14.3. The number of pyridine rings is 1. The van der Waals surface area contributed by atoms with Gasteiger partial charge in [-0.3, -0.25) is 4.98 Å². The molecule has 0 amide bonds. The molecule has 0 saturated heterocycles. The Morgan fingerprint density at radius 1 is 0.353 bits per heavy atom. The van der Waals surface area contributed by atoms with Gasteiger partial charge in [0.2, 0.25) is 0 Å². The third kappa shape index (κ3) is 6.59. The Morgan fingerprint density at radius 3 is 1.35 bits per heavy atom. The highest BCUT2D eigenvalue weighted by atomic mass is 19.1. The van der Waals surface area contributed by atoms with Crippen LogP contribution in [-0.4, -0.2) is 4.98 Å². The first-order valence-corrected chi connectivity index (χ1v) is 16.4. The minimum absolute atomic E-state index is 0.384. The highest BCUT2D eigenvalue weighted by Crippen LogP contribution is 2.41. The summed E-state index contributed by atoms with van der Waals surface area (Å²) in [5.41, 5.74) is 8.96. The Labute approximate surface area is 292 Å².